The van der Waals surface area contributed by atoms with Crippen LogP contribution in [0.15, 0.2) is 157 Å². The first-order valence-corrected chi connectivity index (χ1v) is 23.9. The zero-order valence-electron chi connectivity index (χ0n) is 31.6. The lowest BCUT2D eigenvalue weighted by Gasteiger charge is -2.54. The molecule has 0 radical (unpaired) electrons. The van der Waals surface area contributed by atoms with Gasteiger partial charge in [0.05, 0.1) is 10.6 Å². The molecule has 7 rings (SSSR count). The molecule has 5 aromatic rings. The molecule has 5 aromatic carbocycles. The van der Waals surface area contributed by atoms with Gasteiger partial charge in [-0.05, 0) is 80.2 Å². The Kier molecular flexibility index (Phi) is 10.6. The van der Waals surface area contributed by atoms with Gasteiger partial charge in [-0.15, -0.1) is 0 Å². The third-order valence-electron chi connectivity index (χ3n) is 10.9. The highest BCUT2D eigenvalue weighted by molar-refractivity contribution is 7.89. The largest absolute Gasteiger partial charge is 0.403 e. The molecule has 0 aliphatic carbocycles. The van der Waals surface area contributed by atoms with Crippen LogP contribution in [0.25, 0.3) is 5.70 Å². The fourth-order valence-corrected chi connectivity index (χ4v) is 11.8. The Labute approximate surface area is 318 Å². The van der Waals surface area contributed by atoms with E-state index in [9.17, 15) is 0 Å². The second-order valence-corrected chi connectivity index (χ2v) is 21.8. The topological polar surface area (TPSA) is 49.9 Å². The molecule has 7 heteroatoms. The molecule has 0 aromatic heterocycles. The predicted octanol–water partition coefficient (Wildman–Crippen LogP) is 10.4. The van der Waals surface area contributed by atoms with Gasteiger partial charge in [0.1, 0.15) is 11.8 Å². The van der Waals surface area contributed by atoms with Crippen LogP contribution in [-0.4, -0.2) is 44.7 Å². The highest BCUT2D eigenvalue weighted by atomic mass is 32.2. The van der Waals surface area contributed by atoms with E-state index >= 15 is 8.42 Å². The van der Waals surface area contributed by atoms with Crippen molar-refractivity contribution in [3.8, 4) is 0 Å². The quantitative estimate of drug-likeness (QED) is 0.127. The summed E-state index contributed by atoms with van der Waals surface area (Å²) in [6.45, 7) is 11.7. The summed E-state index contributed by atoms with van der Waals surface area (Å²) < 4.78 is 40.5. The molecule has 0 unspecified atom stereocenters. The summed E-state index contributed by atoms with van der Waals surface area (Å²) in [4.78, 5) is 2.83. The van der Waals surface area contributed by atoms with E-state index < -0.39 is 30.1 Å². The number of likely N-dealkylation sites (tertiary alicyclic amines) is 1. The first-order valence-electron chi connectivity index (χ1n) is 19.0. The molecule has 1 saturated heterocycles. The van der Waals surface area contributed by atoms with E-state index in [0.717, 1.165) is 53.8 Å². The molecule has 53 heavy (non-hydrogen) atoms. The smallest absolute Gasteiger partial charge is 0.265 e. The van der Waals surface area contributed by atoms with E-state index in [-0.39, 0.29) is 17.9 Å². The molecule has 4 atom stereocenters. The van der Waals surface area contributed by atoms with E-state index in [1.54, 1.807) is 16.4 Å². The normalized spacial score (nSPS) is 21.4. The van der Waals surface area contributed by atoms with E-state index in [1.807, 2.05) is 49.4 Å². The third-order valence-corrected chi connectivity index (χ3v) is 13.7. The molecule has 1 fully saturated rings. The summed E-state index contributed by atoms with van der Waals surface area (Å²) in [5.74, 6) is -0.0744. The first-order chi connectivity index (χ1) is 25.5. The number of aryl methyl sites for hydroxylation is 1. The summed E-state index contributed by atoms with van der Waals surface area (Å²) in [5, 5.41) is 0. The summed E-state index contributed by atoms with van der Waals surface area (Å²) >= 11 is 0. The first kappa shape index (κ1) is 37.1. The lowest BCUT2D eigenvalue weighted by Crippen LogP contribution is -2.63. The number of hydrogen-bond donors (Lipinski definition) is 0. The lowest BCUT2D eigenvalue weighted by atomic mass is 9.76. The monoisotopic (exact) mass is 740 g/mol. The highest BCUT2D eigenvalue weighted by Gasteiger charge is 2.56. The third kappa shape index (κ3) is 7.20. The van der Waals surface area contributed by atoms with Crippen molar-refractivity contribution >= 4 is 24.0 Å². The van der Waals surface area contributed by atoms with E-state index in [1.165, 1.54) is 5.56 Å². The molecular formula is C46H52N2O3SSi. The van der Waals surface area contributed by atoms with Crippen molar-refractivity contribution in [1.29, 1.82) is 0 Å². The van der Waals surface area contributed by atoms with Crippen LogP contribution >= 0.6 is 0 Å². The molecule has 2 heterocycles. The van der Waals surface area contributed by atoms with Crippen molar-refractivity contribution in [2.45, 2.75) is 81.4 Å². The standard InChI is InChI=1S/C46H52N2O3SSi/c1-6-41-42(36-20-11-7-12-21-36)34-43(37-22-13-8-14-23-37)48(52(49,50)40-31-29-35(2)30-32-40)45(41)47-33-19-28-44(47)46(51-53(3,4)5,38-24-15-9-16-25-38)39-26-17-10-18-27-39/h7-18,20-27,29-32,34,41-42,44-45H,6,19,28,33H2,1-5H3/t41-,42-,44+,45-/m1/s1. The molecule has 2 aliphatic rings. The van der Waals surface area contributed by atoms with Crippen LogP contribution < -0.4 is 0 Å². The molecule has 0 saturated carbocycles. The maximum absolute atomic E-state index is 15.5. The summed E-state index contributed by atoms with van der Waals surface area (Å²) in [6, 6.07) is 49.2. The van der Waals surface area contributed by atoms with Crippen molar-refractivity contribution in [3.63, 3.8) is 0 Å². The van der Waals surface area contributed by atoms with Crippen molar-refractivity contribution in [3.05, 3.63) is 179 Å². The van der Waals surface area contributed by atoms with Gasteiger partial charge in [-0.2, -0.15) is 0 Å². The predicted molar refractivity (Wildman–Crippen MR) is 219 cm³/mol. The van der Waals surface area contributed by atoms with Crippen molar-refractivity contribution < 1.29 is 12.8 Å². The SMILES string of the molecule is CC[C@@H]1[C@@H](c2ccccc2)C=C(c2ccccc2)N(S(=O)(=O)c2ccc(C)cc2)[C@H]1N1CCC[C@H]1C(O[Si](C)(C)C)(c1ccccc1)c1ccccc1. The fourth-order valence-electron chi connectivity index (χ4n) is 8.79. The van der Waals surface area contributed by atoms with Gasteiger partial charge in [-0.1, -0.05) is 152 Å². The number of rotatable bonds is 11. The maximum Gasteiger partial charge on any atom is 0.265 e. The Bertz CT molecular complexity index is 2060. The van der Waals surface area contributed by atoms with Gasteiger partial charge in [-0.25, -0.2) is 12.7 Å². The Balaban J connectivity index is 1.52. The van der Waals surface area contributed by atoms with Crippen LogP contribution in [0, 0.1) is 12.8 Å². The molecule has 0 spiro atoms. The molecular weight excluding hydrogens is 689 g/mol. The minimum absolute atomic E-state index is 0.0205. The average molecular weight is 741 g/mol. The van der Waals surface area contributed by atoms with Crippen LogP contribution in [0.4, 0.5) is 0 Å². The molecule has 0 N–H and O–H groups in total. The van der Waals surface area contributed by atoms with Gasteiger partial charge in [0.2, 0.25) is 0 Å². The minimum atomic E-state index is -4.05. The van der Waals surface area contributed by atoms with Gasteiger partial charge >= 0.3 is 0 Å². The molecule has 2 aliphatic heterocycles. The maximum atomic E-state index is 15.5. The van der Waals surface area contributed by atoms with Crippen LogP contribution in [0.5, 0.6) is 0 Å². The van der Waals surface area contributed by atoms with Gasteiger partial charge in [0, 0.05) is 24.4 Å². The van der Waals surface area contributed by atoms with Crippen LogP contribution in [0.3, 0.4) is 0 Å². The van der Waals surface area contributed by atoms with Gasteiger partial charge in [0.15, 0.2) is 8.32 Å². The molecule has 5 nitrogen and oxygen atoms in total. The van der Waals surface area contributed by atoms with E-state index in [0.29, 0.717) is 4.90 Å². The number of benzene rings is 5. The molecule has 0 amide bonds. The Hall–Kier alpha value is -4.27. The van der Waals surface area contributed by atoms with E-state index in [4.69, 9.17) is 4.43 Å². The van der Waals surface area contributed by atoms with Gasteiger partial charge in [-0.3, -0.25) is 4.90 Å². The fraction of sp³-hybridized carbons (Fsp3) is 0.304. The van der Waals surface area contributed by atoms with Gasteiger partial charge in [0.25, 0.3) is 10.0 Å². The average Bonchev–Trinajstić information content (AvgIpc) is 3.67. The number of hydrogen-bond acceptors (Lipinski definition) is 4. The Morgan fingerprint density at radius 1 is 0.736 bits per heavy atom. The highest BCUT2D eigenvalue weighted by Crippen LogP contribution is 2.52. The number of sulfonamides is 1. The summed E-state index contributed by atoms with van der Waals surface area (Å²) in [6.07, 6.45) is 4.30. The second-order valence-electron chi connectivity index (χ2n) is 15.5. The Morgan fingerprint density at radius 3 is 1.79 bits per heavy atom. The van der Waals surface area contributed by atoms with E-state index in [2.05, 4.69) is 129 Å². The van der Waals surface area contributed by atoms with Gasteiger partial charge < -0.3 is 4.43 Å². The van der Waals surface area contributed by atoms with Crippen molar-refractivity contribution in [2.24, 2.45) is 5.92 Å². The number of nitrogens with zero attached hydrogens (tertiary/aromatic N) is 2. The van der Waals surface area contributed by atoms with Crippen LogP contribution in [0.2, 0.25) is 19.6 Å². The van der Waals surface area contributed by atoms with Crippen molar-refractivity contribution in [2.75, 3.05) is 6.54 Å². The van der Waals surface area contributed by atoms with Crippen molar-refractivity contribution in [1.82, 2.24) is 9.21 Å². The Morgan fingerprint density at radius 2 is 1.26 bits per heavy atom. The minimum Gasteiger partial charge on any atom is -0.403 e. The van der Waals surface area contributed by atoms with Crippen LogP contribution in [0.1, 0.15) is 59.9 Å². The molecule has 274 valence electrons. The zero-order valence-corrected chi connectivity index (χ0v) is 33.4. The number of allylic oxidation sites excluding steroid dienone is 1. The summed E-state index contributed by atoms with van der Waals surface area (Å²) in [5.41, 5.74) is 5.18. The second kappa shape index (κ2) is 15.2. The lowest BCUT2D eigenvalue weighted by molar-refractivity contribution is -0.0393. The summed E-state index contributed by atoms with van der Waals surface area (Å²) in [7, 11) is -6.30. The molecule has 0 bridgehead atoms. The zero-order chi connectivity index (χ0) is 37.2. The van der Waals surface area contributed by atoms with Crippen LogP contribution in [-0.2, 0) is 20.1 Å².